The van der Waals surface area contributed by atoms with E-state index in [1.54, 1.807) is 0 Å². The number of hydrogen-bond donors (Lipinski definition) is 1. The summed E-state index contributed by atoms with van der Waals surface area (Å²) in [6, 6.07) is 10.4. The Bertz CT molecular complexity index is 388. The highest BCUT2D eigenvalue weighted by Crippen LogP contribution is 2.22. The number of hydrogen-bond acceptors (Lipinski definition) is 2. The molecule has 1 aromatic rings. The van der Waals surface area contributed by atoms with Gasteiger partial charge in [-0.3, -0.25) is 0 Å². The van der Waals surface area contributed by atoms with Crippen LogP contribution in [0, 0.1) is 0 Å². The first-order valence-electron chi connectivity index (χ1n) is 8.20. The smallest absolute Gasteiger partial charge is 0.0342 e. The first-order valence-corrected chi connectivity index (χ1v) is 8.20. The lowest BCUT2D eigenvalue weighted by molar-refractivity contribution is 0.177. The average Bonchev–Trinajstić information content (AvgIpc) is 2.48. The van der Waals surface area contributed by atoms with Crippen molar-refractivity contribution in [2.75, 3.05) is 18.4 Å². The van der Waals surface area contributed by atoms with Crippen molar-refractivity contribution in [2.24, 2.45) is 0 Å². The van der Waals surface area contributed by atoms with Crippen LogP contribution in [0.3, 0.4) is 0 Å². The predicted molar refractivity (Wildman–Crippen MR) is 88.5 cm³/mol. The lowest BCUT2D eigenvalue weighted by atomic mass is 9.98. The summed E-state index contributed by atoms with van der Waals surface area (Å²) in [6.45, 7) is 11.6. The maximum Gasteiger partial charge on any atom is 0.0342 e. The average molecular weight is 274 g/mol. The summed E-state index contributed by atoms with van der Waals surface area (Å²) in [5.41, 5.74) is 2.73. The highest BCUT2D eigenvalue weighted by atomic mass is 15.2. The summed E-state index contributed by atoms with van der Waals surface area (Å²) < 4.78 is 0. The molecule has 20 heavy (non-hydrogen) atoms. The highest BCUT2D eigenvalue weighted by molar-refractivity contribution is 5.46. The Morgan fingerprint density at radius 2 is 1.70 bits per heavy atom. The third-order valence-corrected chi connectivity index (χ3v) is 4.72. The number of piperidine rings is 1. The fourth-order valence-corrected chi connectivity index (χ4v) is 2.94. The predicted octanol–water partition coefficient (Wildman–Crippen LogP) is 4.48. The number of nitrogens with zero attached hydrogens (tertiary/aromatic N) is 1. The Morgan fingerprint density at radius 1 is 1.10 bits per heavy atom. The molecule has 2 nitrogen and oxygen atoms in total. The molecule has 1 aromatic carbocycles. The fraction of sp³-hybridized carbons (Fsp3) is 0.667. The SMILES string of the molecule is CCC(C)c1ccc(NC2CCN(C(C)C)CC2)cc1. The minimum Gasteiger partial charge on any atom is -0.382 e. The van der Waals surface area contributed by atoms with Crippen LogP contribution in [-0.2, 0) is 0 Å². The van der Waals surface area contributed by atoms with Crippen molar-refractivity contribution < 1.29 is 0 Å². The standard InChI is InChI=1S/C18H30N2/c1-5-15(4)16-6-8-17(9-7-16)19-18-10-12-20(13-11-18)14(2)3/h6-9,14-15,18-19H,5,10-13H2,1-4H3. The maximum absolute atomic E-state index is 3.70. The normalized spacial score (nSPS) is 19.2. The molecule has 1 atom stereocenters. The summed E-state index contributed by atoms with van der Waals surface area (Å²) >= 11 is 0. The van der Waals surface area contributed by atoms with E-state index in [1.807, 2.05) is 0 Å². The van der Waals surface area contributed by atoms with Gasteiger partial charge in [-0.15, -0.1) is 0 Å². The zero-order chi connectivity index (χ0) is 14.5. The minimum absolute atomic E-state index is 0.638. The van der Waals surface area contributed by atoms with E-state index in [-0.39, 0.29) is 0 Å². The van der Waals surface area contributed by atoms with E-state index in [1.165, 1.54) is 43.6 Å². The Kier molecular flexibility index (Phi) is 5.47. The van der Waals surface area contributed by atoms with Gasteiger partial charge in [-0.05, 0) is 56.7 Å². The number of anilines is 1. The van der Waals surface area contributed by atoms with Gasteiger partial charge in [0.25, 0.3) is 0 Å². The second-order valence-electron chi connectivity index (χ2n) is 6.48. The van der Waals surface area contributed by atoms with Crippen LogP contribution >= 0.6 is 0 Å². The van der Waals surface area contributed by atoms with Gasteiger partial charge in [0.1, 0.15) is 0 Å². The summed E-state index contributed by atoms with van der Waals surface area (Å²) in [6.07, 6.45) is 3.72. The zero-order valence-electron chi connectivity index (χ0n) is 13.5. The van der Waals surface area contributed by atoms with Crippen LogP contribution in [0.2, 0.25) is 0 Å². The molecule has 0 bridgehead atoms. The molecule has 1 aliphatic rings. The minimum atomic E-state index is 0.638. The molecule has 2 heteroatoms. The van der Waals surface area contributed by atoms with Crippen molar-refractivity contribution in [3.63, 3.8) is 0 Å². The Hall–Kier alpha value is -1.02. The second kappa shape index (κ2) is 7.12. The lowest BCUT2D eigenvalue weighted by Gasteiger charge is -2.35. The van der Waals surface area contributed by atoms with Crippen LogP contribution in [0.15, 0.2) is 24.3 Å². The second-order valence-corrected chi connectivity index (χ2v) is 6.48. The molecular weight excluding hydrogens is 244 g/mol. The molecule has 112 valence electrons. The van der Waals surface area contributed by atoms with Gasteiger partial charge in [0.05, 0.1) is 0 Å². The lowest BCUT2D eigenvalue weighted by Crippen LogP contribution is -2.42. The van der Waals surface area contributed by atoms with Crippen LogP contribution in [0.1, 0.15) is 58.4 Å². The van der Waals surface area contributed by atoms with Gasteiger partial charge < -0.3 is 10.2 Å². The van der Waals surface area contributed by atoms with Gasteiger partial charge in [0.2, 0.25) is 0 Å². The first kappa shape index (κ1) is 15.4. The maximum atomic E-state index is 3.70. The number of nitrogens with one attached hydrogen (secondary N) is 1. The Balaban J connectivity index is 1.85. The largest absolute Gasteiger partial charge is 0.382 e. The van der Waals surface area contributed by atoms with E-state index < -0.39 is 0 Å². The van der Waals surface area contributed by atoms with Crippen molar-refractivity contribution in [1.82, 2.24) is 4.90 Å². The summed E-state index contributed by atoms with van der Waals surface area (Å²) in [5.74, 6) is 0.665. The third kappa shape index (κ3) is 3.99. The van der Waals surface area contributed by atoms with Crippen LogP contribution < -0.4 is 5.32 Å². The summed E-state index contributed by atoms with van der Waals surface area (Å²) in [4.78, 5) is 2.57. The fourth-order valence-electron chi connectivity index (χ4n) is 2.94. The van der Waals surface area contributed by atoms with Crippen molar-refractivity contribution >= 4 is 5.69 Å². The van der Waals surface area contributed by atoms with E-state index >= 15 is 0 Å². The zero-order valence-corrected chi connectivity index (χ0v) is 13.5. The van der Waals surface area contributed by atoms with Gasteiger partial charge in [-0.25, -0.2) is 0 Å². The van der Waals surface area contributed by atoms with Gasteiger partial charge in [0.15, 0.2) is 0 Å². The number of benzene rings is 1. The first-order chi connectivity index (χ1) is 9.60. The topological polar surface area (TPSA) is 15.3 Å². The molecule has 0 aliphatic carbocycles. The molecule has 1 fully saturated rings. The molecule has 0 amide bonds. The molecule has 1 heterocycles. The van der Waals surface area contributed by atoms with E-state index in [9.17, 15) is 0 Å². The van der Waals surface area contributed by atoms with E-state index in [2.05, 4.69) is 62.2 Å². The van der Waals surface area contributed by atoms with Crippen molar-refractivity contribution in [2.45, 2.75) is 65.0 Å². The van der Waals surface area contributed by atoms with Crippen LogP contribution in [0.25, 0.3) is 0 Å². The van der Waals surface area contributed by atoms with Crippen molar-refractivity contribution in [3.05, 3.63) is 29.8 Å². The van der Waals surface area contributed by atoms with Crippen molar-refractivity contribution in [3.8, 4) is 0 Å². The van der Waals surface area contributed by atoms with Crippen LogP contribution in [0.4, 0.5) is 5.69 Å². The summed E-state index contributed by atoms with van der Waals surface area (Å²) in [7, 11) is 0. The molecule has 0 spiro atoms. The number of rotatable bonds is 5. The van der Waals surface area contributed by atoms with Crippen LogP contribution in [0.5, 0.6) is 0 Å². The molecule has 1 saturated heterocycles. The van der Waals surface area contributed by atoms with Gasteiger partial charge >= 0.3 is 0 Å². The van der Waals surface area contributed by atoms with E-state index in [0.29, 0.717) is 18.0 Å². The molecule has 0 aromatic heterocycles. The van der Waals surface area contributed by atoms with Gasteiger partial charge in [-0.1, -0.05) is 26.0 Å². The number of likely N-dealkylation sites (tertiary alicyclic amines) is 1. The molecule has 1 aliphatic heterocycles. The third-order valence-electron chi connectivity index (χ3n) is 4.72. The molecule has 1 unspecified atom stereocenters. The Morgan fingerprint density at radius 3 is 2.20 bits per heavy atom. The van der Waals surface area contributed by atoms with Crippen molar-refractivity contribution in [1.29, 1.82) is 0 Å². The molecular formula is C18H30N2. The highest BCUT2D eigenvalue weighted by Gasteiger charge is 2.20. The Labute approximate surface area is 124 Å². The monoisotopic (exact) mass is 274 g/mol. The van der Waals surface area contributed by atoms with E-state index in [4.69, 9.17) is 0 Å². The summed E-state index contributed by atoms with van der Waals surface area (Å²) in [5, 5.41) is 3.70. The molecule has 0 radical (unpaired) electrons. The van der Waals surface area contributed by atoms with E-state index in [0.717, 1.165) is 0 Å². The molecule has 0 saturated carbocycles. The van der Waals surface area contributed by atoms with Gasteiger partial charge in [0, 0.05) is 30.9 Å². The quantitative estimate of drug-likeness (QED) is 0.851. The van der Waals surface area contributed by atoms with Crippen LogP contribution in [-0.4, -0.2) is 30.1 Å². The molecule has 1 N–H and O–H groups in total. The van der Waals surface area contributed by atoms with Gasteiger partial charge in [-0.2, -0.15) is 0 Å². The molecule has 2 rings (SSSR count).